The molecule has 0 bridgehead atoms. The number of halogens is 2. The molecule has 0 spiro atoms. The Morgan fingerprint density at radius 2 is 1.86 bits per heavy atom. The number of H-pyrrole nitrogens is 1. The SMILES string of the molecule is CC(C)CN(C(=O)c1nc(Cl)ccc1Cl)c1c(N)n(CC(C)C)c(=O)[nH]c1=O. The Morgan fingerprint density at radius 3 is 2.43 bits per heavy atom. The van der Waals surface area contributed by atoms with Crippen molar-refractivity contribution in [1.82, 2.24) is 14.5 Å². The van der Waals surface area contributed by atoms with Crippen molar-refractivity contribution >= 4 is 40.6 Å². The molecule has 0 unspecified atom stereocenters. The first-order valence-corrected chi connectivity index (χ1v) is 9.55. The Balaban J connectivity index is 2.70. The second-order valence-electron chi connectivity index (χ2n) is 7.27. The second-order valence-corrected chi connectivity index (χ2v) is 8.07. The fourth-order valence-corrected chi connectivity index (χ4v) is 3.06. The Labute approximate surface area is 172 Å². The van der Waals surface area contributed by atoms with Gasteiger partial charge in [-0.25, -0.2) is 9.78 Å². The lowest BCUT2D eigenvalue weighted by Crippen LogP contribution is -2.43. The van der Waals surface area contributed by atoms with Crippen molar-refractivity contribution in [2.24, 2.45) is 11.8 Å². The first-order valence-electron chi connectivity index (χ1n) is 8.79. The number of nitrogens with two attached hydrogens (primary N) is 1. The van der Waals surface area contributed by atoms with Gasteiger partial charge < -0.3 is 5.73 Å². The van der Waals surface area contributed by atoms with Crippen molar-refractivity contribution in [3.05, 3.63) is 48.8 Å². The molecule has 28 heavy (non-hydrogen) atoms. The Kier molecular flexibility index (Phi) is 6.90. The third-order valence-corrected chi connectivity index (χ3v) is 4.35. The smallest absolute Gasteiger partial charge is 0.330 e. The van der Waals surface area contributed by atoms with Gasteiger partial charge in [0.25, 0.3) is 11.5 Å². The van der Waals surface area contributed by atoms with Gasteiger partial charge in [0.2, 0.25) is 0 Å². The minimum absolute atomic E-state index is 0.00816. The van der Waals surface area contributed by atoms with Gasteiger partial charge in [0.15, 0.2) is 5.69 Å². The Morgan fingerprint density at radius 1 is 1.21 bits per heavy atom. The van der Waals surface area contributed by atoms with Crippen LogP contribution in [0.4, 0.5) is 11.5 Å². The van der Waals surface area contributed by atoms with Crippen LogP contribution in [0.1, 0.15) is 38.2 Å². The highest BCUT2D eigenvalue weighted by atomic mass is 35.5. The van der Waals surface area contributed by atoms with E-state index < -0.39 is 17.2 Å². The number of nitrogens with zero attached hydrogens (tertiary/aromatic N) is 3. The van der Waals surface area contributed by atoms with Crippen LogP contribution < -0.4 is 21.9 Å². The zero-order valence-electron chi connectivity index (χ0n) is 16.1. The predicted octanol–water partition coefficient (Wildman–Crippen LogP) is 2.78. The molecule has 152 valence electrons. The molecule has 2 aromatic rings. The number of aromatic nitrogens is 3. The van der Waals surface area contributed by atoms with Crippen LogP contribution in [-0.4, -0.2) is 27.0 Å². The first kappa shape index (κ1) is 22.0. The number of anilines is 2. The molecule has 0 aliphatic rings. The van der Waals surface area contributed by atoms with Gasteiger partial charge in [0.1, 0.15) is 16.7 Å². The van der Waals surface area contributed by atoms with E-state index in [2.05, 4.69) is 9.97 Å². The second kappa shape index (κ2) is 8.79. The standard InChI is InChI=1S/C18H23Cl2N5O3/c1-9(2)7-24(17(27)13-11(19)5-6-12(20)22-13)14-15(21)25(8-10(3)4)18(28)23-16(14)26/h5-6,9-10H,7-8,21H2,1-4H3,(H,23,26,28). The number of nitrogen functional groups attached to an aromatic ring is 1. The molecular formula is C18H23Cl2N5O3. The summed E-state index contributed by atoms with van der Waals surface area (Å²) in [6.45, 7) is 8.02. The van der Waals surface area contributed by atoms with Crippen LogP contribution >= 0.6 is 23.2 Å². The summed E-state index contributed by atoms with van der Waals surface area (Å²) in [4.78, 5) is 45.4. The van der Waals surface area contributed by atoms with E-state index in [1.165, 1.54) is 21.6 Å². The summed E-state index contributed by atoms with van der Waals surface area (Å²) < 4.78 is 1.25. The lowest BCUT2D eigenvalue weighted by atomic mass is 10.1. The van der Waals surface area contributed by atoms with E-state index in [0.29, 0.717) is 0 Å². The zero-order valence-corrected chi connectivity index (χ0v) is 17.6. The molecule has 3 N–H and O–H groups in total. The monoisotopic (exact) mass is 427 g/mol. The molecule has 2 rings (SSSR count). The van der Waals surface area contributed by atoms with Crippen LogP contribution in [0.3, 0.4) is 0 Å². The average Bonchev–Trinajstić information content (AvgIpc) is 2.58. The van der Waals surface area contributed by atoms with Gasteiger partial charge in [-0.05, 0) is 24.0 Å². The topological polar surface area (TPSA) is 114 Å². The van der Waals surface area contributed by atoms with Crippen LogP contribution in [0, 0.1) is 11.8 Å². The number of rotatable bonds is 6. The average molecular weight is 428 g/mol. The molecule has 0 aromatic carbocycles. The van der Waals surface area contributed by atoms with Gasteiger partial charge in [0, 0.05) is 13.1 Å². The highest BCUT2D eigenvalue weighted by molar-refractivity contribution is 6.35. The van der Waals surface area contributed by atoms with Crippen molar-refractivity contribution in [1.29, 1.82) is 0 Å². The molecule has 2 heterocycles. The third kappa shape index (κ3) is 4.74. The van der Waals surface area contributed by atoms with Crippen LogP contribution in [0.15, 0.2) is 21.7 Å². The van der Waals surface area contributed by atoms with Crippen molar-refractivity contribution in [3.8, 4) is 0 Å². The number of carbonyl (C=O) groups is 1. The van der Waals surface area contributed by atoms with Crippen LogP contribution in [0.5, 0.6) is 0 Å². The highest BCUT2D eigenvalue weighted by Gasteiger charge is 2.28. The maximum Gasteiger partial charge on any atom is 0.330 e. The van der Waals surface area contributed by atoms with Crippen molar-refractivity contribution in [3.63, 3.8) is 0 Å². The van der Waals surface area contributed by atoms with E-state index in [1.807, 2.05) is 27.7 Å². The number of hydrogen-bond acceptors (Lipinski definition) is 5. The van der Waals surface area contributed by atoms with Gasteiger partial charge in [-0.15, -0.1) is 0 Å². The lowest BCUT2D eigenvalue weighted by Gasteiger charge is -2.26. The van der Waals surface area contributed by atoms with Gasteiger partial charge in [-0.3, -0.25) is 24.0 Å². The quantitative estimate of drug-likeness (QED) is 0.687. The number of pyridine rings is 1. The van der Waals surface area contributed by atoms with Crippen LogP contribution in [0.2, 0.25) is 10.2 Å². The normalized spacial score (nSPS) is 11.3. The molecule has 0 atom stereocenters. The molecule has 0 saturated heterocycles. The van der Waals surface area contributed by atoms with E-state index in [9.17, 15) is 14.4 Å². The highest BCUT2D eigenvalue weighted by Crippen LogP contribution is 2.24. The fraction of sp³-hybridized carbons (Fsp3) is 0.444. The number of aromatic amines is 1. The Hall–Kier alpha value is -2.32. The minimum atomic E-state index is -0.755. The van der Waals surface area contributed by atoms with Crippen molar-refractivity contribution in [2.45, 2.75) is 34.2 Å². The van der Waals surface area contributed by atoms with E-state index in [-0.39, 0.29) is 52.3 Å². The minimum Gasteiger partial charge on any atom is -0.383 e. The maximum atomic E-state index is 13.2. The molecular weight excluding hydrogens is 405 g/mol. The van der Waals surface area contributed by atoms with E-state index in [4.69, 9.17) is 28.9 Å². The number of carbonyl (C=O) groups excluding carboxylic acids is 1. The van der Waals surface area contributed by atoms with E-state index in [0.717, 1.165) is 0 Å². The fourth-order valence-electron chi connectivity index (χ4n) is 2.72. The summed E-state index contributed by atoms with van der Waals surface area (Å²) in [7, 11) is 0. The molecule has 0 saturated carbocycles. The van der Waals surface area contributed by atoms with Gasteiger partial charge in [-0.1, -0.05) is 50.9 Å². The Bertz CT molecular complexity index is 998. The molecule has 1 amide bonds. The van der Waals surface area contributed by atoms with Crippen LogP contribution in [-0.2, 0) is 6.54 Å². The molecule has 0 radical (unpaired) electrons. The summed E-state index contributed by atoms with van der Waals surface area (Å²) in [5.41, 5.74) is 4.56. The van der Waals surface area contributed by atoms with Crippen molar-refractivity contribution < 1.29 is 4.79 Å². The zero-order chi connectivity index (χ0) is 21.2. The van der Waals surface area contributed by atoms with Crippen molar-refractivity contribution in [2.75, 3.05) is 17.2 Å². The number of hydrogen-bond donors (Lipinski definition) is 2. The van der Waals surface area contributed by atoms with Gasteiger partial charge >= 0.3 is 5.69 Å². The number of amides is 1. The van der Waals surface area contributed by atoms with Gasteiger partial charge in [-0.2, -0.15) is 0 Å². The summed E-state index contributed by atoms with van der Waals surface area (Å²) in [5.74, 6) is -0.633. The van der Waals surface area contributed by atoms with Gasteiger partial charge in [0.05, 0.1) is 5.02 Å². The molecule has 8 nitrogen and oxygen atoms in total. The van der Waals surface area contributed by atoms with E-state index >= 15 is 0 Å². The maximum absolute atomic E-state index is 13.2. The van der Waals surface area contributed by atoms with E-state index in [1.54, 1.807) is 0 Å². The summed E-state index contributed by atoms with van der Waals surface area (Å²) in [6.07, 6.45) is 0. The summed E-state index contributed by atoms with van der Waals surface area (Å²) >= 11 is 12.0. The molecule has 0 aliphatic carbocycles. The molecule has 2 aromatic heterocycles. The molecule has 0 fully saturated rings. The first-order chi connectivity index (χ1) is 13.0. The lowest BCUT2D eigenvalue weighted by molar-refractivity contribution is 0.0979. The molecule has 10 heteroatoms. The summed E-state index contributed by atoms with van der Waals surface area (Å²) in [6, 6.07) is 2.91. The predicted molar refractivity (Wildman–Crippen MR) is 111 cm³/mol. The summed E-state index contributed by atoms with van der Waals surface area (Å²) in [5, 5.41) is 0.178. The molecule has 0 aliphatic heterocycles. The third-order valence-electron chi connectivity index (χ3n) is 3.84. The number of nitrogens with one attached hydrogen (secondary N) is 1. The largest absolute Gasteiger partial charge is 0.383 e. The van der Waals surface area contributed by atoms with Crippen LogP contribution in [0.25, 0.3) is 0 Å².